The number of halogens is 1. The molecule has 1 aliphatic rings. The summed E-state index contributed by atoms with van der Waals surface area (Å²) in [6.07, 6.45) is 6.37. The molecule has 0 aliphatic heterocycles. The normalized spacial score (nSPS) is 17.1. The van der Waals surface area contributed by atoms with E-state index in [1.807, 2.05) is 26.0 Å². The van der Waals surface area contributed by atoms with Crippen LogP contribution in [0, 0.1) is 19.8 Å². The zero-order valence-corrected chi connectivity index (χ0v) is 13.6. The lowest BCUT2D eigenvalue weighted by atomic mass is 9.95. The number of hydrogen-bond acceptors (Lipinski definition) is 3. The highest BCUT2D eigenvalue weighted by molar-refractivity contribution is 6.34. The summed E-state index contributed by atoms with van der Waals surface area (Å²) >= 11 is 6.13. The second kappa shape index (κ2) is 7.45. The van der Waals surface area contributed by atoms with Crippen molar-refractivity contribution in [2.75, 3.05) is 11.9 Å². The maximum absolute atomic E-state index is 11.9. The molecule has 0 saturated heterocycles. The molecule has 0 saturated carbocycles. The molecule has 1 amide bonds. The number of rotatable bonds is 4. The maximum Gasteiger partial charge on any atom is 0.309 e. The molecule has 0 radical (unpaired) electrons. The molecule has 5 heteroatoms. The number of benzene rings is 1. The lowest BCUT2D eigenvalue weighted by Gasteiger charge is -2.16. The largest absolute Gasteiger partial charge is 0.455 e. The minimum absolute atomic E-state index is 0.137. The van der Waals surface area contributed by atoms with E-state index in [4.69, 9.17) is 16.3 Å². The molecular weight excluding hydrogens is 302 g/mol. The predicted octanol–water partition coefficient (Wildman–Crippen LogP) is 3.79. The van der Waals surface area contributed by atoms with Gasteiger partial charge >= 0.3 is 5.97 Å². The van der Waals surface area contributed by atoms with Crippen molar-refractivity contribution in [3.05, 3.63) is 40.4 Å². The third-order valence-electron chi connectivity index (χ3n) is 3.64. The molecular formula is C17H20ClNO3. The third kappa shape index (κ3) is 4.34. The van der Waals surface area contributed by atoms with E-state index in [1.54, 1.807) is 6.07 Å². The Kier molecular flexibility index (Phi) is 5.61. The minimum atomic E-state index is -0.381. The maximum atomic E-state index is 11.9. The van der Waals surface area contributed by atoms with Gasteiger partial charge in [0.25, 0.3) is 5.91 Å². The highest BCUT2D eigenvalue weighted by Gasteiger charge is 2.21. The first-order chi connectivity index (χ1) is 10.5. The molecule has 0 bridgehead atoms. The number of ether oxygens (including phenoxy) is 1. The van der Waals surface area contributed by atoms with Gasteiger partial charge in [0, 0.05) is 0 Å². The SMILES string of the molecule is Cc1cc(C)c(NC(=O)COC(=O)[C@@H]2CC=CCC2)c(Cl)c1. The fourth-order valence-electron chi connectivity index (χ4n) is 2.51. The zero-order chi connectivity index (χ0) is 16.1. The Bertz CT molecular complexity index is 587. The van der Waals surface area contributed by atoms with Gasteiger partial charge in [0.05, 0.1) is 16.6 Å². The molecule has 1 aromatic rings. The lowest BCUT2D eigenvalue weighted by Crippen LogP contribution is -2.25. The van der Waals surface area contributed by atoms with Crippen LogP contribution in [0.5, 0.6) is 0 Å². The van der Waals surface area contributed by atoms with E-state index in [1.165, 1.54) is 0 Å². The Morgan fingerprint density at radius 3 is 2.73 bits per heavy atom. The van der Waals surface area contributed by atoms with Crippen molar-refractivity contribution in [3.8, 4) is 0 Å². The van der Waals surface area contributed by atoms with Crippen LogP contribution in [-0.2, 0) is 14.3 Å². The van der Waals surface area contributed by atoms with E-state index < -0.39 is 0 Å². The summed E-state index contributed by atoms with van der Waals surface area (Å²) in [6.45, 7) is 3.52. The molecule has 0 unspecified atom stereocenters. The topological polar surface area (TPSA) is 55.4 Å². The number of amides is 1. The Balaban J connectivity index is 1.88. The molecule has 0 fully saturated rings. The van der Waals surface area contributed by atoms with Gasteiger partial charge in [0.2, 0.25) is 0 Å². The number of allylic oxidation sites excluding steroid dienone is 2. The average Bonchev–Trinajstić information content (AvgIpc) is 2.49. The Morgan fingerprint density at radius 2 is 2.09 bits per heavy atom. The van der Waals surface area contributed by atoms with Crippen LogP contribution in [0.2, 0.25) is 5.02 Å². The van der Waals surface area contributed by atoms with Gasteiger partial charge in [-0.3, -0.25) is 9.59 Å². The molecule has 4 nitrogen and oxygen atoms in total. The van der Waals surface area contributed by atoms with Crippen LogP contribution < -0.4 is 5.32 Å². The van der Waals surface area contributed by atoms with Gasteiger partial charge < -0.3 is 10.1 Å². The van der Waals surface area contributed by atoms with Gasteiger partial charge in [0.15, 0.2) is 6.61 Å². The molecule has 0 heterocycles. The summed E-state index contributed by atoms with van der Waals surface area (Å²) in [6, 6.07) is 3.71. The first-order valence-electron chi connectivity index (χ1n) is 7.35. The van der Waals surface area contributed by atoms with Crippen LogP contribution >= 0.6 is 11.6 Å². The van der Waals surface area contributed by atoms with E-state index in [9.17, 15) is 9.59 Å². The first-order valence-corrected chi connectivity index (χ1v) is 7.73. The highest BCUT2D eigenvalue weighted by atomic mass is 35.5. The zero-order valence-electron chi connectivity index (χ0n) is 12.8. The second-order valence-corrected chi connectivity index (χ2v) is 5.98. The summed E-state index contributed by atoms with van der Waals surface area (Å²) in [7, 11) is 0. The molecule has 0 aromatic heterocycles. The average molecular weight is 322 g/mol. The second-order valence-electron chi connectivity index (χ2n) is 5.58. The van der Waals surface area contributed by atoms with Crippen molar-refractivity contribution in [1.29, 1.82) is 0 Å². The molecule has 0 spiro atoms. The fraction of sp³-hybridized carbons (Fsp3) is 0.412. The van der Waals surface area contributed by atoms with Gasteiger partial charge in [-0.2, -0.15) is 0 Å². The standard InChI is InChI=1S/C17H20ClNO3/c1-11-8-12(2)16(14(18)9-11)19-15(20)10-22-17(21)13-6-4-3-5-7-13/h3-4,8-9,13H,5-7,10H2,1-2H3,(H,19,20)/t13-/m1/s1. The lowest BCUT2D eigenvalue weighted by molar-refractivity contribution is -0.151. The molecule has 1 aliphatic carbocycles. The number of esters is 1. The fourth-order valence-corrected chi connectivity index (χ4v) is 2.88. The van der Waals surface area contributed by atoms with E-state index in [0.29, 0.717) is 17.1 Å². The van der Waals surface area contributed by atoms with Crippen molar-refractivity contribution in [2.24, 2.45) is 5.92 Å². The number of carbonyl (C=O) groups is 2. The van der Waals surface area contributed by atoms with Crippen LogP contribution in [0.25, 0.3) is 0 Å². The van der Waals surface area contributed by atoms with Crippen LogP contribution in [0.1, 0.15) is 30.4 Å². The summed E-state index contributed by atoms with van der Waals surface area (Å²) in [5.41, 5.74) is 2.47. The van der Waals surface area contributed by atoms with E-state index >= 15 is 0 Å². The number of hydrogen-bond donors (Lipinski definition) is 1. The van der Waals surface area contributed by atoms with Crippen LogP contribution in [-0.4, -0.2) is 18.5 Å². The Labute approximate surface area is 135 Å². The van der Waals surface area contributed by atoms with Gasteiger partial charge in [0.1, 0.15) is 0 Å². The van der Waals surface area contributed by atoms with Crippen LogP contribution in [0.3, 0.4) is 0 Å². The summed E-state index contributed by atoms with van der Waals surface area (Å²) in [4.78, 5) is 23.8. The smallest absolute Gasteiger partial charge is 0.309 e. The minimum Gasteiger partial charge on any atom is -0.455 e. The van der Waals surface area contributed by atoms with E-state index in [-0.39, 0.29) is 24.4 Å². The molecule has 118 valence electrons. The monoisotopic (exact) mass is 321 g/mol. The summed E-state index contributed by atoms with van der Waals surface area (Å²) in [5.74, 6) is -0.831. The molecule has 1 aromatic carbocycles. The predicted molar refractivity (Wildman–Crippen MR) is 87.0 cm³/mol. The number of aryl methyl sites for hydroxylation is 2. The van der Waals surface area contributed by atoms with Gasteiger partial charge in [-0.05, 0) is 50.3 Å². The molecule has 2 rings (SSSR count). The van der Waals surface area contributed by atoms with Crippen molar-refractivity contribution < 1.29 is 14.3 Å². The van der Waals surface area contributed by atoms with Crippen LogP contribution in [0.15, 0.2) is 24.3 Å². The summed E-state index contributed by atoms with van der Waals surface area (Å²) in [5, 5.41) is 3.18. The van der Waals surface area contributed by atoms with Gasteiger partial charge in [-0.25, -0.2) is 0 Å². The Hall–Kier alpha value is -1.81. The molecule has 22 heavy (non-hydrogen) atoms. The number of carbonyl (C=O) groups excluding carboxylic acids is 2. The number of anilines is 1. The van der Waals surface area contributed by atoms with Crippen molar-refractivity contribution >= 4 is 29.2 Å². The Morgan fingerprint density at radius 1 is 1.32 bits per heavy atom. The first kappa shape index (κ1) is 16.6. The highest BCUT2D eigenvalue weighted by Crippen LogP contribution is 2.27. The number of nitrogens with one attached hydrogen (secondary N) is 1. The quantitative estimate of drug-likeness (QED) is 0.678. The summed E-state index contributed by atoms with van der Waals surface area (Å²) < 4.78 is 5.09. The van der Waals surface area contributed by atoms with E-state index in [0.717, 1.165) is 24.0 Å². The van der Waals surface area contributed by atoms with Gasteiger partial charge in [-0.1, -0.05) is 29.8 Å². The van der Waals surface area contributed by atoms with Gasteiger partial charge in [-0.15, -0.1) is 0 Å². The van der Waals surface area contributed by atoms with Crippen LogP contribution in [0.4, 0.5) is 5.69 Å². The third-order valence-corrected chi connectivity index (χ3v) is 3.94. The molecule has 1 atom stereocenters. The van der Waals surface area contributed by atoms with E-state index in [2.05, 4.69) is 11.4 Å². The van der Waals surface area contributed by atoms with Crippen molar-refractivity contribution in [3.63, 3.8) is 0 Å². The van der Waals surface area contributed by atoms with Crippen molar-refractivity contribution in [1.82, 2.24) is 0 Å². The van der Waals surface area contributed by atoms with Crippen molar-refractivity contribution in [2.45, 2.75) is 33.1 Å². The molecule has 1 N–H and O–H groups in total.